The number of anilines is 2. The summed E-state index contributed by atoms with van der Waals surface area (Å²) in [6.07, 6.45) is 0. The Balaban J connectivity index is 1.77. The second-order valence-corrected chi connectivity index (χ2v) is 6.02. The maximum absolute atomic E-state index is 13.0. The van der Waals surface area contributed by atoms with Crippen LogP contribution < -0.4 is 9.64 Å². The molecular weight excluding hydrogens is 314 g/mol. The molecule has 4 nitrogen and oxygen atoms in total. The molecule has 0 saturated heterocycles. The molecule has 0 bridgehead atoms. The second kappa shape index (κ2) is 5.98. The number of benzene rings is 3. The molecule has 4 heteroatoms. The number of esters is 1. The Bertz CT molecular complexity index is 886. The normalized spacial score (nSPS) is 13.1. The average Bonchev–Trinajstić information content (AvgIpc) is 2.64. The number of para-hydroxylation sites is 2. The third kappa shape index (κ3) is 2.62. The number of ether oxygens (including phenoxy) is 1. The molecule has 0 aliphatic carbocycles. The SMILES string of the molecule is CN1c2ccccc2C(C(=O)Oc2ccc(O)cc2)c2ccccc21. The topological polar surface area (TPSA) is 49.8 Å². The van der Waals surface area contributed by atoms with Gasteiger partial charge in [0, 0.05) is 18.4 Å². The number of carbonyl (C=O) groups is 1. The lowest BCUT2D eigenvalue weighted by Gasteiger charge is -2.34. The minimum Gasteiger partial charge on any atom is -0.508 e. The van der Waals surface area contributed by atoms with E-state index in [9.17, 15) is 9.90 Å². The van der Waals surface area contributed by atoms with Gasteiger partial charge in [0.25, 0.3) is 0 Å². The zero-order chi connectivity index (χ0) is 17.4. The van der Waals surface area contributed by atoms with Gasteiger partial charge in [0.05, 0.1) is 0 Å². The molecule has 124 valence electrons. The van der Waals surface area contributed by atoms with E-state index in [2.05, 4.69) is 4.90 Å². The first kappa shape index (κ1) is 15.3. The number of hydrogen-bond acceptors (Lipinski definition) is 4. The van der Waals surface area contributed by atoms with Crippen LogP contribution in [-0.4, -0.2) is 18.1 Å². The van der Waals surface area contributed by atoms with Crippen LogP contribution in [0.2, 0.25) is 0 Å². The Morgan fingerprint density at radius 1 is 0.880 bits per heavy atom. The second-order valence-electron chi connectivity index (χ2n) is 6.02. The van der Waals surface area contributed by atoms with E-state index in [0.29, 0.717) is 5.75 Å². The quantitative estimate of drug-likeness (QED) is 0.564. The van der Waals surface area contributed by atoms with Crippen LogP contribution in [0.15, 0.2) is 72.8 Å². The molecule has 0 spiro atoms. The number of phenols is 1. The van der Waals surface area contributed by atoms with Crippen LogP contribution in [0.1, 0.15) is 17.0 Å². The van der Waals surface area contributed by atoms with Crippen LogP contribution in [0.5, 0.6) is 11.5 Å². The number of hydrogen-bond donors (Lipinski definition) is 1. The first-order valence-corrected chi connectivity index (χ1v) is 8.07. The number of phenolic OH excluding ortho intramolecular Hbond substituents is 1. The molecule has 25 heavy (non-hydrogen) atoms. The first-order valence-electron chi connectivity index (χ1n) is 8.07. The van der Waals surface area contributed by atoms with Crippen LogP contribution in [0.3, 0.4) is 0 Å². The van der Waals surface area contributed by atoms with Crippen molar-refractivity contribution in [3.8, 4) is 11.5 Å². The molecule has 1 aliphatic heterocycles. The van der Waals surface area contributed by atoms with Gasteiger partial charge in [-0.05, 0) is 47.5 Å². The first-order chi connectivity index (χ1) is 12.1. The van der Waals surface area contributed by atoms with Crippen molar-refractivity contribution in [2.24, 2.45) is 0 Å². The van der Waals surface area contributed by atoms with Gasteiger partial charge in [-0.15, -0.1) is 0 Å². The standard InChI is InChI=1S/C21H17NO3/c1-22-18-8-4-2-6-16(18)20(17-7-3-5-9-19(17)22)21(24)25-15-12-10-14(23)11-13-15/h2-13,20,23H,1H3. The Morgan fingerprint density at radius 3 is 1.96 bits per heavy atom. The number of rotatable bonds is 2. The minimum absolute atomic E-state index is 0.134. The Morgan fingerprint density at radius 2 is 1.40 bits per heavy atom. The van der Waals surface area contributed by atoms with Crippen LogP contribution >= 0.6 is 0 Å². The van der Waals surface area contributed by atoms with E-state index in [-0.39, 0.29) is 11.7 Å². The summed E-state index contributed by atoms with van der Waals surface area (Å²) in [4.78, 5) is 15.1. The van der Waals surface area contributed by atoms with Gasteiger partial charge in [0.2, 0.25) is 0 Å². The van der Waals surface area contributed by atoms with E-state index in [1.807, 2.05) is 55.6 Å². The highest BCUT2D eigenvalue weighted by molar-refractivity contribution is 5.92. The highest BCUT2D eigenvalue weighted by Crippen LogP contribution is 2.44. The van der Waals surface area contributed by atoms with Crippen molar-refractivity contribution in [2.45, 2.75) is 5.92 Å². The van der Waals surface area contributed by atoms with E-state index in [4.69, 9.17) is 4.74 Å². The van der Waals surface area contributed by atoms with Crippen molar-refractivity contribution in [3.63, 3.8) is 0 Å². The molecule has 0 unspecified atom stereocenters. The van der Waals surface area contributed by atoms with E-state index in [1.54, 1.807) is 12.1 Å². The minimum atomic E-state index is -0.489. The molecule has 0 amide bonds. The predicted octanol–water partition coefficient (Wildman–Crippen LogP) is 4.21. The number of aromatic hydroxyl groups is 1. The van der Waals surface area contributed by atoms with Gasteiger partial charge in [0.1, 0.15) is 17.4 Å². The molecule has 0 aromatic heterocycles. The summed E-state index contributed by atoms with van der Waals surface area (Å²) >= 11 is 0. The van der Waals surface area contributed by atoms with Crippen molar-refractivity contribution in [2.75, 3.05) is 11.9 Å². The van der Waals surface area contributed by atoms with Gasteiger partial charge < -0.3 is 14.7 Å². The van der Waals surface area contributed by atoms with E-state index < -0.39 is 5.92 Å². The van der Waals surface area contributed by atoms with Gasteiger partial charge >= 0.3 is 5.97 Å². The fourth-order valence-corrected chi connectivity index (χ4v) is 3.31. The predicted molar refractivity (Wildman–Crippen MR) is 96.5 cm³/mol. The lowest BCUT2D eigenvalue weighted by Crippen LogP contribution is -2.28. The monoisotopic (exact) mass is 331 g/mol. The third-order valence-electron chi connectivity index (χ3n) is 4.51. The lowest BCUT2D eigenvalue weighted by molar-refractivity contribution is -0.135. The molecule has 1 heterocycles. The number of nitrogens with zero attached hydrogens (tertiary/aromatic N) is 1. The maximum Gasteiger partial charge on any atom is 0.323 e. The van der Waals surface area contributed by atoms with Gasteiger partial charge in [-0.3, -0.25) is 4.79 Å². The summed E-state index contributed by atoms with van der Waals surface area (Å²) in [6.45, 7) is 0. The fraction of sp³-hybridized carbons (Fsp3) is 0.0952. The van der Waals surface area contributed by atoms with E-state index in [0.717, 1.165) is 22.5 Å². The van der Waals surface area contributed by atoms with E-state index >= 15 is 0 Å². The molecule has 0 radical (unpaired) electrons. The van der Waals surface area contributed by atoms with Gasteiger partial charge in [-0.2, -0.15) is 0 Å². The van der Waals surface area contributed by atoms with Crippen molar-refractivity contribution in [1.29, 1.82) is 0 Å². The van der Waals surface area contributed by atoms with Crippen LogP contribution in [0.25, 0.3) is 0 Å². The molecule has 0 atom stereocenters. The van der Waals surface area contributed by atoms with Crippen molar-refractivity contribution in [3.05, 3.63) is 83.9 Å². The zero-order valence-electron chi connectivity index (χ0n) is 13.7. The Hall–Kier alpha value is -3.27. The Kier molecular flexibility index (Phi) is 3.65. The third-order valence-corrected chi connectivity index (χ3v) is 4.51. The number of fused-ring (bicyclic) bond motifs is 2. The highest BCUT2D eigenvalue weighted by atomic mass is 16.5. The molecule has 0 fully saturated rings. The maximum atomic E-state index is 13.0. The van der Waals surface area contributed by atoms with Crippen LogP contribution in [-0.2, 0) is 4.79 Å². The molecule has 1 N–H and O–H groups in total. The van der Waals surface area contributed by atoms with Gasteiger partial charge in [0.15, 0.2) is 0 Å². The smallest absolute Gasteiger partial charge is 0.323 e. The van der Waals surface area contributed by atoms with Crippen LogP contribution in [0, 0.1) is 0 Å². The van der Waals surface area contributed by atoms with Crippen molar-refractivity contribution in [1.82, 2.24) is 0 Å². The average molecular weight is 331 g/mol. The zero-order valence-corrected chi connectivity index (χ0v) is 13.7. The lowest BCUT2D eigenvalue weighted by atomic mass is 9.85. The highest BCUT2D eigenvalue weighted by Gasteiger charge is 2.34. The Labute approximate surface area is 145 Å². The summed E-state index contributed by atoms with van der Waals surface area (Å²) in [5.41, 5.74) is 3.84. The fourth-order valence-electron chi connectivity index (χ4n) is 3.31. The van der Waals surface area contributed by atoms with E-state index in [1.165, 1.54) is 12.1 Å². The largest absolute Gasteiger partial charge is 0.508 e. The molecular formula is C21H17NO3. The summed E-state index contributed by atoms with van der Waals surface area (Å²) in [5.74, 6) is -0.275. The molecule has 3 aromatic carbocycles. The van der Waals surface area contributed by atoms with Gasteiger partial charge in [-0.1, -0.05) is 36.4 Å². The molecule has 1 aliphatic rings. The summed E-state index contributed by atoms with van der Waals surface area (Å²) < 4.78 is 5.59. The molecule has 3 aromatic rings. The molecule has 0 saturated carbocycles. The van der Waals surface area contributed by atoms with Crippen molar-refractivity contribution >= 4 is 17.3 Å². The van der Waals surface area contributed by atoms with Gasteiger partial charge in [-0.25, -0.2) is 0 Å². The summed E-state index contributed by atoms with van der Waals surface area (Å²) in [6, 6.07) is 21.9. The molecule has 4 rings (SSSR count). The van der Waals surface area contributed by atoms with Crippen molar-refractivity contribution < 1.29 is 14.6 Å². The summed E-state index contributed by atoms with van der Waals surface area (Å²) in [7, 11) is 2.00. The number of carbonyl (C=O) groups excluding carboxylic acids is 1. The van der Waals surface area contributed by atoms with Crippen LogP contribution in [0.4, 0.5) is 11.4 Å². The summed E-state index contributed by atoms with van der Waals surface area (Å²) in [5, 5.41) is 9.38.